The van der Waals surface area contributed by atoms with Crippen LogP contribution in [0.25, 0.3) is 0 Å². The van der Waals surface area contributed by atoms with Crippen molar-refractivity contribution in [2.75, 3.05) is 31.1 Å². The van der Waals surface area contributed by atoms with Crippen LogP contribution in [0.1, 0.15) is 67.4 Å². The van der Waals surface area contributed by atoms with E-state index in [1.807, 2.05) is 20.2 Å². The van der Waals surface area contributed by atoms with Crippen LogP contribution in [0.4, 0.5) is 5.95 Å². The summed E-state index contributed by atoms with van der Waals surface area (Å²) in [5, 5.41) is 4.38. The molecule has 0 spiro atoms. The summed E-state index contributed by atoms with van der Waals surface area (Å²) in [6.45, 7) is 6.90. The fourth-order valence-corrected chi connectivity index (χ4v) is 5.59. The Morgan fingerprint density at radius 2 is 1.90 bits per heavy atom. The summed E-state index contributed by atoms with van der Waals surface area (Å²) >= 11 is 0. The van der Waals surface area contributed by atoms with Crippen molar-refractivity contribution in [2.24, 2.45) is 5.92 Å². The van der Waals surface area contributed by atoms with Crippen LogP contribution in [-0.2, 0) is 13.1 Å². The van der Waals surface area contributed by atoms with Crippen LogP contribution in [0, 0.1) is 5.92 Å². The van der Waals surface area contributed by atoms with Crippen molar-refractivity contribution in [2.45, 2.75) is 64.5 Å². The molecule has 0 N–H and O–H groups in total. The number of hydrogen-bond acceptors (Lipinski definition) is 5. The second kappa shape index (κ2) is 8.48. The third-order valence-electron chi connectivity index (χ3n) is 7.04. The van der Waals surface area contributed by atoms with E-state index in [2.05, 4.69) is 21.9 Å². The maximum absolute atomic E-state index is 13.3. The molecular weight excluding hydrogens is 392 g/mol. The molecule has 3 aliphatic heterocycles. The predicted molar refractivity (Wildman–Crippen MR) is 118 cm³/mol. The van der Waals surface area contributed by atoms with Gasteiger partial charge in [0.15, 0.2) is 0 Å². The van der Waals surface area contributed by atoms with Gasteiger partial charge in [0.1, 0.15) is 11.9 Å². The Labute approximate surface area is 182 Å². The topological polar surface area (TPSA) is 76.3 Å². The Balaban J connectivity index is 1.41. The lowest BCUT2D eigenvalue weighted by atomic mass is 9.83. The normalized spacial score (nSPS) is 23.4. The number of fused-ring (bicyclic) bond motifs is 4. The van der Waals surface area contributed by atoms with E-state index in [4.69, 9.17) is 0 Å². The van der Waals surface area contributed by atoms with E-state index in [-0.39, 0.29) is 17.4 Å². The monoisotopic (exact) mass is 424 g/mol. The lowest BCUT2D eigenvalue weighted by Gasteiger charge is -2.43. The lowest BCUT2D eigenvalue weighted by molar-refractivity contribution is 0.0758. The van der Waals surface area contributed by atoms with Gasteiger partial charge in [-0.3, -0.25) is 9.59 Å². The zero-order valence-electron chi connectivity index (χ0n) is 18.4. The van der Waals surface area contributed by atoms with E-state index in [9.17, 15) is 9.59 Å². The summed E-state index contributed by atoms with van der Waals surface area (Å²) in [4.78, 5) is 35.2. The third-order valence-corrected chi connectivity index (χ3v) is 7.04. The maximum atomic E-state index is 13.3. The largest absolute Gasteiger partial charge is 0.340 e. The fraction of sp³-hybridized carbons (Fsp3) is 0.652. The molecular formula is C23H32N6O2. The molecule has 0 saturated carbocycles. The van der Waals surface area contributed by atoms with Gasteiger partial charge in [0.25, 0.3) is 11.5 Å². The average Bonchev–Trinajstić information content (AvgIpc) is 3.06. The molecule has 0 aromatic carbocycles. The van der Waals surface area contributed by atoms with Crippen LogP contribution < -0.4 is 10.5 Å². The van der Waals surface area contributed by atoms with Crippen molar-refractivity contribution >= 4 is 11.9 Å². The van der Waals surface area contributed by atoms with Crippen molar-refractivity contribution < 1.29 is 4.79 Å². The van der Waals surface area contributed by atoms with Gasteiger partial charge in [-0.15, -0.1) is 0 Å². The van der Waals surface area contributed by atoms with Gasteiger partial charge in [-0.25, -0.2) is 4.68 Å². The number of hydrogen-bond donors (Lipinski definition) is 0. The Morgan fingerprint density at radius 1 is 1.10 bits per heavy atom. The summed E-state index contributed by atoms with van der Waals surface area (Å²) in [6.07, 6.45) is 8.12. The molecule has 2 aromatic heterocycles. The van der Waals surface area contributed by atoms with Crippen molar-refractivity contribution in [1.29, 1.82) is 0 Å². The lowest BCUT2D eigenvalue weighted by Crippen LogP contribution is -2.49. The molecule has 1 amide bonds. The predicted octanol–water partition coefficient (Wildman–Crippen LogP) is 2.49. The van der Waals surface area contributed by atoms with E-state index in [1.165, 1.54) is 12.8 Å². The van der Waals surface area contributed by atoms with Crippen LogP contribution in [0.2, 0.25) is 0 Å². The molecule has 31 heavy (non-hydrogen) atoms. The number of aromatic nitrogens is 4. The number of anilines is 1. The van der Waals surface area contributed by atoms with E-state index >= 15 is 0 Å². The number of pyridine rings is 1. The first kappa shape index (κ1) is 20.3. The quantitative estimate of drug-likeness (QED) is 0.754. The maximum Gasteiger partial charge on any atom is 0.263 e. The number of nitrogens with zero attached hydrogens (tertiary/aromatic N) is 6. The highest BCUT2D eigenvalue weighted by molar-refractivity contribution is 5.94. The van der Waals surface area contributed by atoms with Crippen LogP contribution in [-0.4, -0.2) is 56.3 Å². The Morgan fingerprint density at radius 3 is 2.68 bits per heavy atom. The summed E-state index contributed by atoms with van der Waals surface area (Å²) in [5.74, 6) is 1.49. The van der Waals surface area contributed by atoms with Gasteiger partial charge < -0.3 is 14.4 Å². The smallest absolute Gasteiger partial charge is 0.263 e. The number of carbonyl (C=O) groups excluding carboxylic acids is 1. The summed E-state index contributed by atoms with van der Waals surface area (Å²) in [7, 11) is 0. The summed E-state index contributed by atoms with van der Waals surface area (Å²) in [6, 6.07) is 3.80. The summed E-state index contributed by atoms with van der Waals surface area (Å²) < 4.78 is 3.87. The van der Waals surface area contributed by atoms with Crippen molar-refractivity contribution in [3.8, 4) is 0 Å². The second-order valence-corrected chi connectivity index (χ2v) is 9.28. The first-order chi connectivity index (χ1) is 15.2. The molecule has 5 heterocycles. The summed E-state index contributed by atoms with van der Waals surface area (Å²) in [5.41, 5.74) is 1.29. The van der Waals surface area contributed by atoms with Crippen molar-refractivity contribution in [3.05, 3.63) is 40.1 Å². The number of rotatable bonds is 4. The van der Waals surface area contributed by atoms with Gasteiger partial charge in [0, 0.05) is 50.9 Å². The molecule has 5 rings (SSSR count). The van der Waals surface area contributed by atoms with E-state index < -0.39 is 0 Å². The third kappa shape index (κ3) is 3.77. The van der Waals surface area contributed by atoms with Gasteiger partial charge in [-0.2, -0.15) is 10.1 Å². The van der Waals surface area contributed by atoms with Gasteiger partial charge in [0.05, 0.1) is 0 Å². The van der Waals surface area contributed by atoms with Crippen LogP contribution in [0.15, 0.2) is 23.3 Å². The van der Waals surface area contributed by atoms with Gasteiger partial charge >= 0.3 is 0 Å². The average molecular weight is 425 g/mol. The first-order valence-electron chi connectivity index (χ1n) is 11.8. The number of carbonyl (C=O) groups is 1. The van der Waals surface area contributed by atoms with Gasteiger partial charge in [-0.05, 0) is 43.7 Å². The van der Waals surface area contributed by atoms with E-state index in [0.717, 1.165) is 70.0 Å². The second-order valence-electron chi connectivity index (χ2n) is 9.28. The van der Waals surface area contributed by atoms with Gasteiger partial charge in [0.2, 0.25) is 5.95 Å². The standard InChI is InChI=1S/C23H32N6O2/c1-2-9-29-23(24-16-25-29)27-13-17-12-18(15-27)20-8-7-19(22(31)28(20)14-17)21(30)26-10-5-3-4-6-11-26/h7-8,16-18H,2-6,9-15H2,1H3/t17-,18+/m0/s1. The molecule has 166 valence electrons. The molecule has 2 fully saturated rings. The SMILES string of the molecule is CCCn1ncnc1N1C[C@@H]2C[C@H](C1)c1ccc(C(=O)N3CCCCCC3)c(=O)n1C2. The zero-order valence-corrected chi connectivity index (χ0v) is 18.4. The molecule has 2 saturated heterocycles. The number of likely N-dealkylation sites (tertiary alicyclic amines) is 1. The number of piperidine rings is 1. The molecule has 2 aromatic rings. The van der Waals surface area contributed by atoms with Crippen molar-refractivity contribution in [1.82, 2.24) is 24.2 Å². The number of aryl methyl sites for hydroxylation is 1. The minimum Gasteiger partial charge on any atom is -0.340 e. The Bertz CT molecular complexity index is 1000. The zero-order chi connectivity index (χ0) is 21.4. The van der Waals surface area contributed by atoms with Crippen LogP contribution in [0.5, 0.6) is 0 Å². The minimum absolute atomic E-state index is 0.0905. The van der Waals surface area contributed by atoms with Crippen LogP contribution in [0.3, 0.4) is 0 Å². The molecule has 2 bridgehead atoms. The highest BCUT2D eigenvalue weighted by atomic mass is 16.2. The van der Waals surface area contributed by atoms with E-state index in [1.54, 1.807) is 12.4 Å². The Hall–Kier alpha value is -2.64. The molecule has 8 heteroatoms. The molecule has 3 aliphatic rings. The van der Waals surface area contributed by atoms with Gasteiger partial charge in [-0.1, -0.05) is 19.8 Å². The Kier molecular flexibility index (Phi) is 5.54. The first-order valence-corrected chi connectivity index (χ1v) is 11.8. The minimum atomic E-state index is -0.107. The molecule has 0 radical (unpaired) electrons. The molecule has 2 atom stereocenters. The molecule has 8 nitrogen and oxygen atoms in total. The molecule has 0 unspecified atom stereocenters. The van der Waals surface area contributed by atoms with Crippen LogP contribution >= 0.6 is 0 Å². The fourth-order valence-electron chi connectivity index (χ4n) is 5.59. The highest BCUT2D eigenvalue weighted by Crippen LogP contribution is 2.36. The van der Waals surface area contributed by atoms with E-state index in [0.29, 0.717) is 18.0 Å². The highest BCUT2D eigenvalue weighted by Gasteiger charge is 2.37. The van der Waals surface area contributed by atoms with Crippen molar-refractivity contribution in [3.63, 3.8) is 0 Å². The number of amides is 1. The molecule has 0 aliphatic carbocycles.